The van der Waals surface area contributed by atoms with Gasteiger partial charge in [-0.15, -0.1) is 0 Å². The van der Waals surface area contributed by atoms with Gasteiger partial charge in [-0.05, 0) is 43.0 Å². The van der Waals surface area contributed by atoms with Crippen LogP contribution < -0.4 is 10.6 Å². The highest BCUT2D eigenvalue weighted by molar-refractivity contribution is 5.90. The van der Waals surface area contributed by atoms with Gasteiger partial charge < -0.3 is 15.7 Å². The quantitative estimate of drug-likeness (QED) is 0.791. The molecule has 2 aromatic rings. The topological polar surface area (TPSA) is 61.4 Å². The molecule has 4 nitrogen and oxygen atoms in total. The molecule has 2 aromatic carbocycles. The molecule has 0 spiro atoms. The predicted octanol–water partition coefficient (Wildman–Crippen LogP) is 3.56. The molecular weight excluding hydrogens is 288 g/mol. The van der Waals surface area contributed by atoms with Crippen molar-refractivity contribution < 1.29 is 9.90 Å². The van der Waals surface area contributed by atoms with Crippen molar-refractivity contribution in [2.45, 2.75) is 19.8 Å². The number of nitrogens with one attached hydrogen (secondary N) is 2. The second-order valence-corrected chi connectivity index (χ2v) is 6.42. The maximum absolute atomic E-state index is 12.0. The first-order valence-electron chi connectivity index (χ1n) is 7.93. The van der Waals surface area contributed by atoms with Gasteiger partial charge in [-0.1, -0.05) is 42.0 Å². The van der Waals surface area contributed by atoms with E-state index < -0.39 is 0 Å². The first kappa shape index (κ1) is 15.6. The average molecular weight is 310 g/mol. The van der Waals surface area contributed by atoms with Gasteiger partial charge >= 0.3 is 6.03 Å². The zero-order valence-corrected chi connectivity index (χ0v) is 13.3. The van der Waals surface area contributed by atoms with Crippen LogP contribution in [0.1, 0.15) is 18.4 Å². The molecule has 0 aromatic heterocycles. The molecule has 0 unspecified atom stereocenters. The van der Waals surface area contributed by atoms with Crippen molar-refractivity contribution in [3.05, 3.63) is 54.1 Å². The van der Waals surface area contributed by atoms with Crippen molar-refractivity contribution >= 4 is 11.7 Å². The van der Waals surface area contributed by atoms with Crippen LogP contribution in [0, 0.1) is 12.3 Å². The maximum atomic E-state index is 12.0. The Morgan fingerprint density at radius 3 is 2.48 bits per heavy atom. The number of aliphatic hydroxyl groups excluding tert-OH is 1. The molecule has 0 atom stereocenters. The summed E-state index contributed by atoms with van der Waals surface area (Å²) in [5.74, 6) is 0. The summed E-state index contributed by atoms with van der Waals surface area (Å²) in [6, 6.07) is 15.8. The summed E-state index contributed by atoms with van der Waals surface area (Å²) in [4.78, 5) is 12.0. The first-order chi connectivity index (χ1) is 11.1. The van der Waals surface area contributed by atoms with E-state index in [9.17, 15) is 9.90 Å². The van der Waals surface area contributed by atoms with Crippen molar-refractivity contribution in [2.24, 2.45) is 5.41 Å². The van der Waals surface area contributed by atoms with Gasteiger partial charge in [0.2, 0.25) is 0 Å². The SMILES string of the molecule is Cc1cccc(-c2cccc(NC(=O)NCC3(CO)CC3)c2)c1. The van der Waals surface area contributed by atoms with E-state index >= 15 is 0 Å². The van der Waals surface area contributed by atoms with Gasteiger partial charge in [-0.3, -0.25) is 0 Å². The predicted molar refractivity (Wildman–Crippen MR) is 92.4 cm³/mol. The molecule has 120 valence electrons. The summed E-state index contributed by atoms with van der Waals surface area (Å²) in [6.07, 6.45) is 1.96. The summed E-state index contributed by atoms with van der Waals surface area (Å²) in [5.41, 5.74) is 4.08. The Morgan fingerprint density at radius 1 is 1.13 bits per heavy atom. The van der Waals surface area contributed by atoms with Crippen LogP contribution in [0.4, 0.5) is 10.5 Å². The second kappa shape index (κ2) is 6.42. The van der Waals surface area contributed by atoms with E-state index in [2.05, 4.69) is 35.8 Å². The lowest BCUT2D eigenvalue weighted by Crippen LogP contribution is -2.35. The van der Waals surface area contributed by atoms with Crippen LogP contribution in [0.2, 0.25) is 0 Å². The zero-order valence-electron chi connectivity index (χ0n) is 13.3. The summed E-state index contributed by atoms with van der Waals surface area (Å²) in [7, 11) is 0. The normalized spacial score (nSPS) is 15.0. The summed E-state index contributed by atoms with van der Waals surface area (Å²) >= 11 is 0. The molecular formula is C19H22N2O2. The third kappa shape index (κ3) is 3.90. The minimum atomic E-state index is -0.230. The monoisotopic (exact) mass is 310 g/mol. The number of anilines is 1. The number of amides is 2. The molecule has 2 amide bonds. The van der Waals surface area contributed by atoms with Crippen molar-refractivity contribution in [3.8, 4) is 11.1 Å². The molecule has 1 fully saturated rings. The lowest BCUT2D eigenvalue weighted by molar-refractivity contribution is 0.206. The van der Waals surface area contributed by atoms with Gasteiger partial charge in [-0.2, -0.15) is 0 Å². The fraction of sp³-hybridized carbons (Fsp3) is 0.316. The second-order valence-electron chi connectivity index (χ2n) is 6.42. The number of carbonyl (C=O) groups excluding carboxylic acids is 1. The van der Waals surface area contributed by atoms with Crippen LogP contribution in [0.25, 0.3) is 11.1 Å². The minimum Gasteiger partial charge on any atom is -0.396 e. The van der Waals surface area contributed by atoms with Gasteiger partial charge in [0, 0.05) is 17.6 Å². The zero-order chi connectivity index (χ0) is 16.3. The molecule has 0 saturated heterocycles. The van der Waals surface area contributed by atoms with Crippen molar-refractivity contribution in [1.29, 1.82) is 0 Å². The molecule has 4 heteroatoms. The smallest absolute Gasteiger partial charge is 0.319 e. The van der Waals surface area contributed by atoms with E-state index in [0.717, 1.165) is 29.7 Å². The highest BCUT2D eigenvalue weighted by Crippen LogP contribution is 2.44. The highest BCUT2D eigenvalue weighted by Gasteiger charge is 2.42. The van der Waals surface area contributed by atoms with E-state index in [1.54, 1.807) is 0 Å². The maximum Gasteiger partial charge on any atom is 0.319 e. The Morgan fingerprint density at radius 2 is 1.83 bits per heavy atom. The molecule has 0 heterocycles. The Balaban J connectivity index is 1.64. The number of benzene rings is 2. The van der Waals surface area contributed by atoms with E-state index in [0.29, 0.717) is 6.54 Å². The molecule has 0 radical (unpaired) electrons. The van der Waals surface area contributed by atoms with E-state index in [-0.39, 0.29) is 18.1 Å². The van der Waals surface area contributed by atoms with Gasteiger partial charge in [0.25, 0.3) is 0 Å². The summed E-state index contributed by atoms with van der Waals surface area (Å²) < 4.78 is 0. The third-order valence-corrected chi connectivity index (χ3v) is 4.39. The Hall–Kier alpha value is -2.33. The molecule has 0 bridgehead atoms. The molecule has 3 N–H and O–H groups in total. The number of aryl methyl sites for hydroxylation is 1. The third-order valence-electron chi connectivity index (χ3n) is 4.39. The molecule has 3 rings (SSSR count). The number of hydrogen-bond acceptors (Lipinski definition) is 2. The summed E-state index contributed by atoms with van der Waals surface area (Å²) in [5, 5.41) is 15.0. The molecule has 0 aliphatic heterocycles. The van der Waals surface area contributed by atoms with Crippen molar-refractivity contribution in [1.82, 2.24) is 5.32 Å². The molecule has 1 saturated carbocycles. The van der Waals surface area contributed by atoms with Crippen LogP contribution in [0.5, 0.6) is 0 Å². The molecule has 1 aliphatic rings. The average Bonchev–Trinajstić information content (AvgIpc) is 3.34. The largest absolute Gasteiger partial charge is 0.396 e. The number of carbonyl (C=O) groups is 1. The Kier molecular flexibility index (Phi) is 4.35. The Bertz CT molecular complexity index is 708. The van der Waals surface area contributed by atoms with E-state index in [1.807, 2.05) is 30.3 Å². The van der Waals surface area contributed by atoms with Crippen LogP contribution in [-0.2, 0) is 0 Å². The van der Waals surface area contributed by atoms with Crippen LogP contribution in [0.15, 0.2) is 48.5 Å². The van der Waals surface area contributed by atoms with Crippen LogP contribution >= 0.6 is 0 Å². The van der Waals surface area contributed by atoms with Gasteiger partial charge in [-0.25, -0.2) is 4.79 Å². The van der Waals surface area contributed by atoms with Crippen LogP contribution in [-0.4, -0.2) is 24.3 Å². The standard InChI is InChI=1S/C19H22N2O2/c1-14-4-2-5-15(10-14)16-6-3-7-17(11-16)21-18(23)20-12-19(13-22)8-9-19/h2-7,10-11,22H,8-9,12-13H2,1H3,(H2,20,21,23). The lowest BCUT2D eigenvalue weighted by atomic mass is 10.0. The van der Waals surface area contributed by atoms with Crippen molar-refractivity contribution in [3.63, 3.8) is 0 Å². The van der Waals surface area contributed by atoms with Gasteiger partial charge in [0.15, 0.2) is 0 Å². The minimum absolute atomic E-state index is 0.0826. The van der Waals surface area contributed by atoms with Crippen molar-refractivity contribution in [2.75, 3.05) is 18.5 Å². The number of aliphatic hydroxyl groups is 1. The van der Waals surface area contributed by atoms with E-state index in [4.69, 9.17) is 0 Å². The lowest BCUT2D eigenvalue weighted by Gasteiger charge is -2.14. The van der Waals surface area contributed by atoms with E-state index in [1.165, 1.54) is 5.56 Å². The molecule has 1 aliphatic carbocycles. The van der Waals surface area contributed by atoms with Gasteiger partial charge in [0.1, 0.15) is 0 Å². The van der Waals surface area contributed by atoms with Gasteiger partial charge in [0.05, 0.1) is 6.61 Å². The number of urea groups is 1. The fourth-order valence-corrected chi connectivity index (χ4v) is 2.61. The van der Waals surface area contributed by atoms with Crippen LogP contribution in [0.3, 0.4) is 0 Å². The molecule has 23 heavy (non-hydrogen) atoms. The highest BCUT2D eigenvalue weighted by atomic mass is 16.3. The Labute approximate surface area is 136 Å². The first-order valence-corrected chi connectivity index (χ1v) is 7.93. The number of hydrogen-bond donors (Lipinski definition) is 3. The number of rotatable bonds is 5. The fourth-order valence-electron chi connectivity index (χ4n) is 2.61. The summed E-state index contributed by atoms with van der Waals surface area (Å²) in [6.45, 7) is 2.72.